The molecule has 1 saturated heterocycles. The van der Waals surface area contributed by atoms with Gasteiger partial charge in [-0.05, 0) is 50.0 Å². The third-order valence-electron chi connectivity index (χ3n) is 4.59. The van der Waals surface area contributed by atoms with Crippen LogP contribution in [0.2, 0.25) is 0 Å². The summed E-state index contributed by atoms with van der Waals surface area (Å²) in [6.45, 7) is 10.9. The number of piperidine rings is 1. The Bertz CT molecular complexity index is 321. The van der Waals surface area contributed by atoms with E-state index in [0.29, 0.717) is 17.9 Å². The van der Waals surface area contributed by atoms with Crippen molar-refractivity contribution >= 4 is 5.91 Å². The molecule has 1 atom stereocenters. The first-order chi connectivity index (χ1) is 8.92. The van der Waals surface area contributed by atoms with Gasteiger partial charge in [0.05, 0.1) is 6.04 Å². The Hall–Kier alpha value is -0.570. The van der Waals surface area contributed by atoms with Gasteiger partial charge in [-0.1, -0.05) is 27.7 Å². The molecule has 1 aliphatic carbocycles. The van der Waals surface area contributed by atoms with Crippen molar-refractivity contribution < 1.29 is 4.79 Å². The summed E-state index contributed by atoms with van der Waals surface area (Å²) >= 11 is 0. The number of carbonyl (C=O) groups is 1. The van der Waals surface area contributed by atoms with E-state index in [1.165, 1.54) is 19.3 Å². The van der Waals surface area contributed by atoms with Gasteiger partial charge in [0.25, 0.3) is 0 Å². The van der Waals surface area contributed by atoms with Gasteiger partial charge in [-0.25, -0.2) is 0 Å². The quantitative estimate of drug-likeness (QED) is 0.830. The summed E-state index contributed by atoms with van der Waals surface area (Å²) in [5, 5.41) is 3.47. The van der Waals surface area contributed by atoms with Gasteiger partial charge in [0, 0.05) is 12.6 Å². The number of amides is 1. The second kappa shape index (κ2) is 5.82. The number of hydrogen-bond donors (Lipinski definition) is 1. The van der Waals surface area contributed by atoms with Gasteiger partial charge in [0.2, 0.25) is 5.91 Å². The predicted octanol–water partition coefficient (Wildman–Crippen LogP) is 2.80. The molecule has 1 aliphatic heterocycles. The fraction of sp³-hybridized carbons (Fsp3) is 0.938. The van der Waals surface area contributed by atoms with Gasteiger partial charge in [-0.3, -0.25) is 4.79 Å². The average Bonchev–Trinajstić information content (AvgIpc) is 3.12. The van der Waals surface area contributed by atoms with E-state index in [1.807, 2.05) is 0 Å². The first-order valence-corrected chi connectivity index (χ1v) is 7.95. The minimum Gasteiger partial charge on any atom is -0.338 e. The van der Waals surface area contributed by atoms with Gasteiger partial charge in [0.15, 0.2) is 0 Å². The van der Waals surface area contributed by atoms with Crippen molar-refractivity contribution in [2.24, 2.45) is 11.3 Å². The zero-order valence-electron chi connectivity index (χ0n) is 13.0. The lowest BCUT2D eigenvalue weighted by Gasteiger charge is -2.41. The summed E-state index contributed by atoms with van der Waals surface area (Å²) in [5.41, 5.74) is 0.0975. The predicted molar refractivity (Wildman–Crippen MR) is 79.0 cm³/mol. The van der Waals surface area contributed by atoms with E-state index in [-0.39, 0.29) is 11.5 Å². The molecule has 110 valence electrons. The number of hydrogen-bond acceptors (Lipinski definition) is 2. The molecular weight excluding hydrogens is 236 g/mol. The van der Waals surface area contributed by atoms with Crippen molar-refractivity contribution in [2.45, 2.75) is 71.9 Å². The number of nitrogens with zero attached hydrogens (tertiary/aromatic N) is 1. The molecule has 0 aromatic heterocycles. The number of nitrogens with one attached hydrogen (secondary N) is 1. The van der Waals surface area contributed by atoms with Gasteiger partial charge in [-0.15, -0.1) is 0 Å². The summed E-state index contributed by atoms with van der Waals surface area (Å²) in [6.07, 6.45) is 5.87. The van der Waals surface area contributed by atoms with Crippen LogP contribution in [-0.4, -0.2) is 36.0 Å². The molecule has 3 heteroatoms. The van der Waals surface area contributed by atoms with Crippen molar-refractivity contribution in [3.8, 4) is 0 Å². The molecule has 0 bridgehead atoms. The Morgan fingerprint density at radius 3 is 2.58 bits per heavy atom. The topological polar surface area (TPSA) is 32.3 Å². The standard InChI is InChI=1S/C16H30N2O/c1-12(2)8-11-18(13-6-7-13)15(19)14-16(3,4)9-5-10-17-14/h12-14,17H,5-11H2,1-4H3. The van der Waals surface area contributed by atoms with Crippen molar-refractivity contribution in [3.63, 3.8) is 0 Å². The zero-order valence-corrected chi connectivity index (χ0v) is 13.0. The Labute approximate surface area is 118 Å². The van der Waals surface area contributed by atoms with Crippen LogP contribution in [0.3, 0.4) is 0 Å². The van der Waals surface area contributed by atoms with Crippen molar-refractivity contribution in [2.75, 3.05) is 13.1 Å². The Balaban J connectivity index is 2.01. The number of rotatable bonds is 5. The molecule has 1 N–H and O–H groups in total. The molecule has 0 spiro atoms. The highest BCUT2D eigenvalue weighted by atomic mass is 16.2. The largest absolute Gasteiger partial charge is 0.338 e. The van der Waals surface area contributed by atoms with Crippen LogP contribution in [0.15, 0.2) is 0 Å². The van der Waals surface area contributed by atoms with Gasteiger partial charge in [-0.2, -0.15) is 0 Å². The molecule has 2 aliphatic rings. The molecule has 1 saturated carbocycles. The second-order valence-electron chi connectivity index (χ2n) is 7.42. The minimum atomic E-state index is 0.0222. The fourth-order valence-electron chi connectivity index (χ4n) is 3.05. The van der Waals surface area contributed by atoms with Gasteiger partial charge >= 0.3 is 0 Å². The molecule has 1 unspecified atom stereocenters. The van der Waals surface area contributed by atoms with E-state index >= 15 is 0 Å². The maximum absolute atomic E-state index is 12.9. The third-order valence-corrected chi connectivity index (χ3v) is 4.59. The van der Waals surface area contributed by atoms with E-state index in [1.54, 1.807) is 0 Å². The molecule has 3 nitrogen and oxygen atoms in total. The lowest BCUT2D eigenvalue weighted by molar-refractivity contribution is -0.138. The lowest BCUT2D eigenvalue weighted by Crippen LogP contribution is -2.57. The molecule has 2 rings (SSSR count). The fourth-order valence-corrected chi connectivity index (χ4v) is 3.05. The van der Waals surface area contributed by atoms with Crippen LogP contribution in [0.5, 0.6) is 0 Å². The highest BCUT2D eigenvalue weighted by molar-refractivity contribution is 5.83. The van der Waals surface area contributed by atoms with Crippen LogP contribution in [-0.2, 0) is 4.79 Å². The van der Waals surface area contributed by atoms with Crippen molar-refractivity contribution in [1.29, 1.82) is 0 Å². The number of carbonyl (C=O) groups excluding carboxylic acids is 1. The third kappa shape index (κ3) is 3.71. The molecule has 19 heavy (non-hydrogen) atoms. The summed E-state index contributed by atoms with van der Waals surface area (Å²) in [6, 6.07) is 0.555. The molecule has 0 aromatic rings. The van der Waals surface area contributed by atoms with E-state index in [2.05, 4.69) is 37.9 Å². The lowest BCUT2D eigenvalue weighted by atomic mass is 9.77. The van der Waals surface area contributed by atoms with Crippen LogP contribution in [0.25, 0.3) is 0 Å². The van der Waals surface area contributed by atoms with Gasteiger partial charge in [0.1, 0.15) is 0 Å². The van der Waals surface area contributed by atoms with E-state index in [4.69, 9.17) is 0 Å². The maximum Gasteiger partial charge on any atom is 0.240 e. The zero-order chi connectivity index (χ0) is 14.0. The van der Waals surface area contributed by atoms with Crippen molar-refractivity contribution in [1.82, 2.24) is 10.2 Å². The van der Waals surface area contributed by atoms with Crippen LogP contribution in [0, 0.1) is 11.3 Å². The van der Waals surface area contributed by atoms with Crippen LogP contribution in [0.1, 0.15) is 59.8 Å². The highest BCUT2D eigenvalue weighted by Crippen LogP contribution is 2.34. The second-order valence-corrected chi connectivity index (χ2v) is 7.42. The summed E-state index contributed by atoms with van der Waals surface area (Å²) in [7, 11) is 0. The average molecular weight is 266 g/mol. The molecular formula is C16H30N2O. The first kappa shape index (κ1) is 14.8. The molecule has 2 fully saturated rings. The smallest absolute Gasteiger partial charge is 0.240 e. The SMILES string of the molecule is CC(C)CCN(C(=O)C1NCCCC1(C)C)C1CC1. The van der Waals surface area contributed by atoms with Crippen LogP contribution in [0.4, 0.5) is 0 Å². The molecule has 1 heterocycles. The van der Waals surface area contributed by atoms with Crippen molar-refractivity contribution in [3.05, 3.63) is 0 Å². The monoisotopic (exact) mass is 266 g/mol. The normalized spacial score (nSPS) is 26.5. The first-order valence-electron chi connectivity index (χ1n) is 7.95. The summed E-state index contributed by atoms with van der Waals surface area (Å²) < 4.78 is 0. The van der Waals surface area contributed by atoms with Crippen LogP contribution < -0.4 is 5.32 Å². The van der Waals surface area contributed by atoms with Crippen LogP contribution >= 0.6 is 0 Å². The van der Waals surface area contributed by atoms with Gasteiger partial charge < -0.3 is 10.2 Å². The Kier molecular flexibility index (Phi) is 4.54. The molecule has 0 radical (unpaired) electrons. The molecule has 0 aromatic carbocycles. The van der Waals surface area contributed by atoms with E-state index in [9.17, 15) is 4.79 Å². The summed E-state index contributed by atoms with van der Waals surface area (Å²) in [4.78, 5) is 15.0. The molecule has 1 amide bonds. The summed E-state index contributed by atoms with van der Waals surface area (Å²) in [5.74, 6) is 1.02. The highest BCUT2D eigenvalue weighted by Gasteiger charge is 2.42. The van der Waals surface area contributed by atoms with E-state index < -0.39 is 0 Å². The Morgan fingerprint density at radius 1 is 1.37 bits per heavy atom. The Morgan fingerprint density at radius 2 is 2.05 bits per heavy atom. The maximum atomic E-state index is 12.9. The minimum absolute atomic E-state index is 0.0222. The van der Waals surface area contributed by atoms with E-state index in [0.717, 1.165) is 25.9 Å².